The molecule has 0 heterocycles. The van der Waals surface area contributed by atoms with Gasteiger partial charge in [0.15, 0.2) is 0 Å². The Labute approximate surface area is 86.4 Å². The third-order valence-corrected chi connectivity index (χ3v) is 17.3. The van der Waals surface area contributed by atoms with Crippen molar-refractivity contribution in [2.24, 2.45) is 0 Å². The van der Waals surface area contributed by atoms with Crippen molar-refractivity contribution in [1.82, 2.24) is 9.36 Å². The summed E-state index contributed by atoms with van der Waals surface area (Å²) in [5, 5.41) is 0. The molecule has 0 bridgehead atoms. The second-order valence-corrected chi connectivity index (χ2v) is 17.4. The average Bonchev–Trinajstić information content (AvgIpc) is 1.97. The van der Waals surface area contributed by atoms with Gasteiger partial charge in [-0.15, -0.1) is 0 Å². The minimum atomic E-state index is -2.71. The first-order valence-electron chi connectivity index (χ1n) is 4.47. The van der Waals surface area contributed by atoms with Gasteiger partial charge in [-0.2, -0.15) is 0 Å². The fraction of sp³-hybridized carbons (Fsp3) is 1.00. The van der Waals surface area contributed by atoms with Crippen LogP contribution in [0.5, 0.6) is 0 Å². The van der Waals surface area contributed by atoms with Crippen LogP contribution in [0.15, 0.2) is 0 Å². The molecule has 13 heavy (non-hydrogen) atoms. The zero-order valence-corrected chi connectivity index (χ0v) is 12.5. The van der Waals surface area contributed by atoms with Gasteiger partial charge in [-0.3, -0.25) is 0 Å². The Morgan fingerprint density at radius 2 is 1.15 bits per heavy atom. The molecule has 0 saturated carbocycles. The summed E-state index contributed by atoms with van der Waals surface area (Å²) in [6, 6.07) is 0. The second kappa shape index (κ2) is 5.48. The van der Waals surface area contributed by atoms with E-state index in [4.69, 9.17) is 0 Å². The quantitative estimate of drug-likeness (QED) is 0.688. The van der Waals surface area contributed by atoms with Gasteiger partial charge in [0.05, 0.1) is 0 Å². The molecule has 0 rings (SSSR count). The molecule has 0 spiro atoms. The van der Waals surface area contributed by atoms with E-state index in [1.807, 2.05) is 0 Å². The van der Waals surface area contributed by atoms with Crippen molar-refractivity contribution in [3.8, 4) is 0 Å². The topological polar surface area (TPSA) is 9.72 Å². The fourth-order valence-corrected chi connectivity index (χ4v) is 13.4. The maximum atomic E-state index is 12.5. The van der Waals surface area contributed by atoms with Crippen LogP contribution in [0.25, 0.3) is 0 Å². The van der Waals surface area contributed by atoms with E-state index in [1.54, 1.807) is 0 Å². The van der Waals surface area contributed by atoms with Gasteiger partial charge in [0.1, 0.15) is 0 Å². The molecule has 5 heteroatoms. The van der Waals surface area contributed by atoms with Crippen molar-refractivity contribution in [2.75, 3.05) is 49.0 Å². The molecule has 0 N–H and O–H groups in total. The van der Waals surface area contributed by atoms with Crippen molar-refractivity contribution >= 4 is 19.2 Å². The molecule has 0 aliphatic rings. The Balaban J connectivity index is 4.82. The molecule has 0 saturated heterocycles. The first-order valence-corrected chi connectivity index (χ1v) is 10.3. The summed E-state index contributed by atoms with van der Waals surface area (Å²) < 4.78 is 20.0. The van der Waals surface area contributed by atoms with Crippen LogP contribution in [0.1, 0.15) is 0 Å². The normalized spacial score (nSPS) is 13.4. The molecule has 80 valence electrons. The predicted octanol–water partition coefficient (Wildman–Crippen LogP) is 0.580. The van der Waals surface area contributed by atoms with Crippen LogP contribution < -0.4 is 0 Å². The van der Waals surface area contributed by atoms with Crippen LogP contribution in [0.3, 0.4) is 0 Å². The minimum absolute atomic E-state index is 0.218. The molecule has 0 radical (unpaired) electrons. The Kier molecular flexibility index (Phi) is 5.74. The van der Waals surface area contributed by atoms with Crippen molar-refractivity contribution in [3.05, 3.63) is 0 Å². The molecule has 0 fully saturated rings. The number of hydrogen-bond donors (Lipinski definition) is 0. The van der Waals surface area contributed by atoms with Gasteiger partial charge in [-0.25, -0.2) is 0 Å². The Morgan fingerprint density at radius 1 is 0.846 bits per heavy atom. The average molecular weight is 298 g/mol. The second-order valence-electron chi connectivity index (χ2n) is 3.90. The zero-order chi connectivity index (χ0) is 10.6. The summed E-state index contributed by atoms with van der Waals surface area (Å²) in [5.74, 6) is 0. The van der Waals surface area contributed by atoms with Gasteiger partial charge in [0, 0.05) is 0 Å². The van der Waals surface area contributed by atoms with Crippen LogP contribution in [0.4, 0.5) is 4.39 Å². The van der Waals surface area contributed by atoms with E-state index in [0.29, 0.717) is 4.44 Å². The molecule has 0 atom stereocenters. The molecular formula is C8H22FN3Sn. The van der Waals surface area contributed by atoms with Gasteiger partial charge in [0.25, 0.3) is 0 Å². The molecule has 3 nitrogen and oxygen atoms in total. The third kappa shape index (κ3) is 2.78. The molecule has 0 aromatic carbocycles. The summed E-state index contributed by atoms with van der Waals surface area (Å²) in [5.41, 5.74) is 0. The SMILES string of the molecule is C[N](C)[Sn]([CH2]CF)([N](C)C)[N](C)C. The molecule has 0 aromatic heterocycles. The van der Waals surface area contributed by atoms with E-state index < -0.39 is 19.2 Å². The number of alkyl halides is 1. The van der Waals surface area contributed by atoms with E-state index in [-0.39, 0.29) is 6.67 Å². The molecule has 0 aromatic rings. The van der Waals surface area contributed by atoms with Crippen LogP contribution >= 0.6 is 0 Å². The van der Waals surface area contributed by atoms with E-state index in [0.717, 1.165) is 0 Å². The number of halogens is 1. The zero-order valence-electron chi connectivity index (χ0n) is 9.63. The Hall–Kier alpha value is 0.609. The van der Waals surface area contributed by atoms with Gasteiger partial charge in [-0.1, -0.05) is 0 Å². The first-order chi connectivity index (χ1) is 5.89. The summed E-state index contributed by atoms with van der Waals surface area (Å²) in [6.45, 7) is -0.218. The van der Waals surface area contributed by atoms with Crippen molar-refractivity contribution < 1.29 is 4.39 Å². The fourth-order valence-electron chi connectivity index (χ4n) is 2.00. The summed E-state index contributed by atoms with van der Waals surface area (Å²) >= 11 is -2.71. The van der Waals surface area contributed by atoms with Crippen molar-refractivity contribution in [2.45, 2.75) is 4.44 Å². The van der Waals surface area contributed by atoms with Gasteiger partial charge < -0.3 is 0 Å². The molecule has 0 aliphatic carbocycles. The van der Waals surface area contributed by atoms with Gasteiger partial charge in [0.2, 0.25) is 0 Å². The van der Waals surface area contributed by atoms with Crippen molar-refractivity contribution in [1.29, 1.82) is 0 Å². The summed E-state index contributed by atoms with van der Waals surface area (Å²) in [6.07, 6.45) is 0. The van der Waals surface area contributed by atoms with Crippen molar-refractivity contribution in [3.63, 3.8) is 0 Å². The Morgan fingerprint density at radius 3 is 1.23 bits per heavy atom. The number of hydrogen-bond acceptors (Lipinski definition) is 3. The van der Waals surface area contributed by atoms with Crippen LogP contribution in [0.2, 0.25) is 4.44 Å². The molecule has 0 aliphatic heterocycles. The Bertz CT molecular complexity index is 129. The van der Waals surface area contributed by atoms with Gasteiger partial charge >= 0.3 is 86.3 Å². The number of rotatable bonds is 5. The maximum absolute atomic E-state index is 12.5. The van der Waals surface area contributed by atoms with Crippen LogP contribution in [-0.4, -0.2) is 77.5 Å². The third-order valence-electron chi connectivity index (χ3n) is 2.58. The molecular weight excluding hydrogens is 276 g/mol. The summed E-state index contributed by atoms with van der Waals surface area (Å²) in [7, 11) is 12.4. The van der Waals surface area contributed by atoms with Gasteiger partial charge in [-0.05, 0) is 0 Å². The monoisotopic (exact) mass is 299 g/mol. The number of nitrogens with zero attached hydrogens (tertiary/aromatic N) is 3. The standard InChI is InChI=1S/C2H4F.3C2H6N.Sn/c1-2-3;3*1-3-2;/h1-2H2;3*1-2H3;/q;3*-1;+3. The van der Waals surface area contributed by atoms with E-state index in [9.17, 15) is 4.39 Å². The van der Waals surface area contributed by atoms with Crippen LogP contribution in [-0.2, 0) is 0 Å². The predicted molar refractivity (Wildman–Crippen MR) is 57.6 cm³/mol. The van der Waals surface area contributed by atoms with E-state index in [1.165, 1.54) is 0 Å². The first kappa shape index (κ1) is 13.6. The molecule has 0 amide bonds. The van der Waals surface area contributed by atoms with E-state index in [2.05, 4.69) is 51.7 Å². The summed E-state index contributed by atoms with van der Waals surface area (Å²) in [4.78, 5) is 0. The van der Waals surface area contributed by atoms with Crippen LogP contribution in [0, 0.1) is 0 Å². The van der Waals surface area contributed by atoms with E-state index >= 15 is 0 Å². The molecule has 0 unspecified atom stereocenters.